The number of carboxylic acids is 1. The molecular formula is C15H12BrNO4. The average molecular weight is 350 g/mol. The lowest BCUT2D eigenvalue weighted by atomic mass is 9.96. The number of carboxylic acid groups (broad SMARTS) is 1. The van der Waals surface area contributed by atoms with E-state index in [9.17, 15) is 14.7 Å². The Morgan fingerprint density at radius 1 is 1.19 bits per heavy atom. The molecule has 3 rings (SSSR count). The van der Waals surface area contributed by atoms with Crippen LogP contribution in [0.2, 0.25) is 0 Å². The van der Waals surface area contributed by atoms with Crippen LogP contribution in [0.4, 0.5) is 5.69 Å². The topological polar surface area (TPSA) is 79.5 Å². The first-order chi connectivity index (χ1) is 10.0. The van der Waals surface area contributed by atoms with Crippen LogP contribution in [0.1, 0.15) is 28.8 Å². The molecule has 0 unspecified atom stereocenters. The summed E-state index contributed by atoms with van der Waals surface area (Å²) in [7, 11) is 0. The van der Waals surface area contributed by atoms with Crippen molar-refractivity contribution < 1.29 is 19.1 Å². The highest BCUT2D eigenvalue weighted by molar-refractivity contribution is 9.10. The number of hydrogen-bond acceptors (Lipinski definition) is 3. The highest BCUT2D eigenvalue weighted by atomic mass is 79.9. The van der Waals surface area contributed by atoms with Crippen molar-refractivity contribution in [2.75, 3.05) is 5.32 Å². The van der Waals surface area contributed by atoms with Crippen LogP contribution in [-0.2, 0) is 10.2 Å². The quantitative estimate of drug-likeness (QED) is 0.886. The first-order valence-electron chi connectivity index (χ1n) is 6.41. The van der Waals surface area contributed by atoms with E-state index in [2.05, 4.69) is 21.2 Å². The third-order valence-electron chi connectivity index (χ3n) is 3.72. The highest BCUT2D eigenvalue weighted by Crippen LogP contribution is 2.48. The molecule has 1 aromatic carbocycles. The number of nitrogens with one attached hydrogen (secondary N) is 1. The molecule has 1 aliphatic rings. The molecule has 6 heteroatoms. The zero-order chi connectivity index (χ0) is 15.0. The van der Waals surface area contributed by atoms with Gasteiger partial charge in [0.15, 0.2) is 4.67 Å². The maximum atomic E-state index is 12.0. The number of halogens is 1. The van der Waals surface area contributed by atoms with Crippen LogP contribution < -0.4 is 5.32 Å². The molecule has 0 spiro atoms. The van der Waals surface area contributed by atoms with E-state index in [4.69, 9.17) is 4.42 Å². The summed E-state index contributed by atoms with van der Waals surface area (Å²) in [6.07, 6.45) is 2.75. The molecule has 108 valence electrons. The van der Waals surface area contributed by atoms with Gasteiger partial charge in [0, 0.05) is 5.69 Å². The lowest BCUT2D eigenvalue weighted by Gasteiger charge is -2.11. The number of furan rings is 1. The highest BCUT2D eigenvalue weighted by Gasteiger charge is 2.51. The van der Waals surface area contributed by atoms with Crippen LogP contribution in [0.3, 0.4) is 0 Å². The summed E-state index contributed by atoms with van der Waals surface area (Å²) < 4.78 is 5.39. The molecule has 1 saturated carbocycles. The molecule has 5 nitrogen and oxygen atoms in total. The Balaban J connectivity index is 1.75. The van der Waals surface area contributed by atoms with Gasteiger partial charge in [-0.2, -0.15) is 0 Å². The third-order valence-corrected chi connectivity index (χ3v) is 4.33. The van der Waals surface area contributed by atoms with Gasteiger partial charge in [-0.15, -0.1) is 0 Å². The minimum atomic E-state index is -0.790. The van der Waals surface area contributed by atoms with Gasteiger partial charge < -0.3 is 14.8 Å². The zero-order valence-electron chi connectivity index (χ0n) is 10.9. The molecule has 21 heavy (non-hydrogen) atoms. The predicted octanol–water partition coefficient (Wildman–Crippen LogP) is 3.41. The summed E-state index contributed by atoms with van der Waals surface area (Å²) in [5.41, 5.74) is 1.06. The van der Waals surface area contributed by atoms with Gasteiger partial charge in [0.25, 0.3) is 5.91 Å². The molecule has 0 radical (unpaired) electrons. The number of carbonyl (C=O) groups is 2. The molecule has 1 amide bonds. The summed E-state index contributed by atoms with van der Waals surface area (Å²) in [5, 5.41) is 12.0. The normalized spacial score (nSPS) is 15.5. The van der Waals surface area contributed by atoms with Crippen molar-refractivity contribution in [3.05, 3.63) is 52.4 Å². The van der Waals surface area contributed by atoms with Crippen molar-refractivity contribution in [1.29, 1.82) is 0 Å². The Hall–Kier alpha value is -2.08. The number of benzene rings is 1. The number of amides is 1. The van der Waals surface area contributed by atoms with Gasteiger partial charge in [0.1, 0.15) is 0 Å². The van der Waals surface area contributed by atoms with Gasteiger partial charge in [0.05, 0.1) is 17.2 Å². The predicted molar refractivity (Wildman–Crippen MR) is 79.4 cm³/mol. The molecule has 0 aliphatic heterocycles. The Labute approximate surface area is 129 Å². The largest absolute Gasteiger partial charge is 0.481 e. The van der Waals surface area contributed by atoms with Gasteiger partial charge in [-0.1, -0.05) is 12.1 Å². The second-order valence-corrected chi connectivity index (χ2v) is 5.75. The Morgan fingerprint density at radius 2 is 1.86 bits per heavy atom. The van der Waals surface area contributed by atoms with Crippen LogP contribution in [0.25, 0.3) is 0 Å². The molecule has 1 heterocycles. The van der Waals surface area contributed by atoms with E-state index in [0.717, 1.165) is 5.56 Å². The number of carbonyl (C=O) groups excluding carboxylic acids is 1. The smallest absolute Gasteiger partial charge is 0.314 e. The van der Waals surface area contributed by atoms with E-state index >= 15 is 0 Å². The molecule has 1 aliphatic carbocycles. The lowest BCUT2D eigenvalue weighted by Crippen LogP contribution is -2.19. The number of hydrogen-bond donors (Lipinski definition) is 2. The fourth-order valence-corrected chi connectivity index (χ4v) is 2.70. The Bertz CT molecular complexity index is 701. The van der Waals surface area contributed by atoms with Gasteiger partial charge in [-0.3, -0.25) is 9.59 Å². The van der Waals surface area contributed by atoms with Gasteiger partial charge in [-0.05, 0) is 52.5 Å². The monoisotopic (exact) mass is 349 g/mol. The Kier molecular flexibility index (Phi) is 3.33. The van der Waals surface area contributed by atoms with Crippen LogP contribution in [-0.4, -0.2) is 17.0 Å². The van der Waals surface area contributed by atoms with E-state index < -0.39 is 11.4 Å². The fraction of sp³-hybridized carbons (Fsp3) is 0.200. The zero-order valence-corrected chi connectivity index (χ0v) is 12.5. The summed E-state index contributed by atoms with van der Waals surface area (Å²) in [4.78, 5) is 23.3. The van der Waals surface area contributed by atoms with Crippen molar-refractivity contribution >= 4 is 33.5 Å². The second-order valence-electron chi connectivity index (χ2n) is 5.03. The van der Waals surface area contributed by atoms with Gasteiger partial charge >= 0.3 is 5.97 Å². The van der Waals surface area contributed by atoms with Crippen molar-refractivity contribution in [2.45, 2.75) is 18.3 Å². The first kappa shape index (κ1) is 13.9. The second kappa shape index (κ2) is 5.04. The molecule has 0 bridgehead atoms. The summed E-state index contributed by atoms with van der Waals surface area (Å²) in [6, 6.07) is 8.49. The van der Waals surface area contributed by atoms with Crippen LogP contribution in [0, 0.1) is 0 Å². The van der Waals surface area contributed by atoms with Crippen LogP contribution in [0.5, 0.6) is 0 Å². The molecule has 0 atom stereocenters. The van der Waals surface area contributed by atoms with E-state index in [-0.39, 0.29) is 5.91 Å². The summed E-state index contributed by atoms with van der Waals surface area (Å²) in [6.45, 7) is 0. The summed E-state index contributed by atoms with van der Waals surface area (Å²) in [5.74, 6) is -1.08. The average Bonchev–Trinajstić information content (AvgIpc) is 3.16. The molecule has 1 fully saturated rings. The lowest BCUT2D eigenvalue weighted by molar-refractivity contribution is -0.140. The van der Waals surface area contributed by atoms with Crippen molar-refractivity contribution in [3.63, 3.8) is 0 Å². The minimum Gasteiger partial charge on any atom is -0.481 e. The molecular weight excluding hydrogens is 338 g/mol. The number of anilines is 1. The maximum Gasteiger partial charge on any atom is 0.314 e. The standard InChI is InChI=1S/C15H12BrNO4/c16-12-11(5-8-21-12)13(18)17-10-3-1-9(2-4-10)15(6-7-15)14(19)20/h1-5,8H,6-7H2,(H,17,18)(H,19,20). The van der Waals surface area contributed by atoms with Crippen LogP contribution >= 0.6 is 15.9 Å². The van der Waals surface area contributed by atoms with Crippen LogP contribution in [0.15, 0.2) is 45.7 Å². The molecule has 0 saturated heterocycles. The molecule has 2 aromatic rings. The summed E-state index contributed by atoms with van der Waals surface area (Å²) >= 11 is 3.15. The van der Waals surface area contributed by atoms with E-state index in [1.54, 1.807) is 30.3 Å². The maximum absolute atomic E-state index is 12.0. The van der Waals surface area contributed by atoms with E-state index in [1.165, 1.54) is 6.26 Å². The van der Waals surface area contributed by atoms with Crippen molar-refractivity contribution in [1.82, 2.24) is 0 Å². The SMILES string of the molecule is O=C(Nc1ccc(C2(C(=O)O)CC2)cc1)c1ccoc1Br. The van der Waals surface area contributed by atoms with Crippen molar-refractivity contribution in [3.8, 4) is 0 Å². The number of aliphatic carboxylic acids is 1. The third kappa shape index (κ3) is 2.47. The number of rotatable bonds is 4. The Morgan fingerprint density at radius 3 is 2.33 bits per heavy atom. The van der Waals surface area contributed by atoms with Crippen molar-refractivity contribution in [2.24, 2.45) is 0 Å². The molecule has 1 aromatic heterocycles. The minimum absolute atomic E-state index is 0.289. The van der Waals surface area contributed by atoms with Gasteiger partial charge in [-0.25, -0.2) is 0 Å². The first-order valence-corrected chi connectivity index (χ1v) is 7.20. The van der Waals surface area contributed by atoms with E-state index in [0.29, 0.717) is 28.8 Å². The molecule has 2 N–H and O–H groups in total. The fourth-order valence-electron chi connectivity index (χ4n) is 2.28. The van der Waals surface area contributed by atoms with E-state index in [1.807, 2.05) is 0 Å². The van der Waals surface area contributed by atoms with Gasteiger partial charge in [0.2, 0.25) is 0 Å².